The number of fused-ring (bicyclic) bond motifs is 1. The first-order valence-corrected chi connectivity index (χ1v) is 5.82. The fourth-order valence-corrected chi connectivity index (χ4v) is 2.00. The van der Waals surface area contributed by atoms with Crippen molar-refractivity contribution in [3.63, 3.8) is 0 Å². The second-order valence-electron chi connectivity index (χ2n) is 4.26. The lowest BCUT2D eigenvalue weighted by Crippen LogP contribution is -1.96. The molecule has 0 bridgehead atoms. The molecule has 0 spiro atoms. The van der Waals surface area contributed by atoms with Crippen LogP contribution in [0, 0.1) is 0 Å². The Morgan fingerprint density at radius 2 is 2.11 bits per heavy atom. The van der Waals surface area contributed by atoms with Gasteiger partial charge < -0.3 is 5.11 Å². The quantitative estimate of drug-likeness (QED) is 0.747. The molecule has 1 N–H and O–H groups in total. The predicted molar refractivity (Wildman–Crippen MR) is 69.5 cm³/mol. The van der Waals surface area contributed by atoms with Gasteiger partial charge in [-0.2, -0.15) is 5.10 Å². The number of hydrogen-bond acceptors (Lipinski definition) is 3. The average Bonchev–Trinajstić information content (AvgIpc) is 2.82. The Balaban J connectivity index is 2.16. The second kappa shape index (κ2) is 4.23. The van der Waals surface area contributed by atoms with E-state index in [9.17, 15) is 5.11 Å². The third kappa shape index (κ3) is 1.76. The zero-order valence-electron chi connectivity index (χ0n) is 9.99. The summed E-state index contributed by atoms with van der Waals surface area (Å²) in [5.74, 6) is 0. The first kappa shape index (κ1) is 10.9. The number of benzene rings is 1. The van der Waals surface area contributed by atoms with Gasteiger partial charge in [0.1, 0.15) is 0 Å². The third-order valence-electron chi connectivity index (χ3n) is 2.96. The minimum absolute atomic E-state index is 0.462. The van der Waals surface area contributed by atoms with Crippen LogP contribution >= 0.6 is 0 Å². The van der Waals surface area contributed by atoms with Crippen LogP contribution < -0.4 is 0 Å². The number of rotatable bonds is 2. The molecule has 0 saturated carbocycles. The highest BCUT2D eigenvalue weighted by Crippen LogP contribution is 2.22. The molecule has 2 aromatic heterocycles. The molecule has 1 atom stereocenters. The maximum absolute atomic E-state index is 9.57. The summed E-state index contributed by atoms with van der Waals surface area (Å²) in [6.45, 7) is 1.76. The van der Waals surface area contributed by atoms with E-state index in [2.05, 4.69) is 10.1 Å². The maximum Gasteiger partial charge on any atom is 0.0836 e. The van der Waals surface area contributed by atoms with E-state index in [4.69, 9.17) is 0 Å². The van der Waals surface area contributed by atoms with Gasteiger partial charge in [-0.3, -0.25) is 4.98 Å². The summed E-state index contributed by atoms with van der Waals surface area (Å²) in [7, 11) is 0. The Morgan fingerprint density at radius 1 is 1.22 bits per heavy atom. The van der Waals surface area contributed by atoms with Crippen LogP contribution in [0.25, 0.3) is 16.6 Å². The van der Waals surface area contributed by atoms with E-state index in [1.807, 2.05) is 35.0 Å². The standard InChI is InChI=1S/C14H13N3O/c1-10(18)11-4-5-14-12(7-11)8-16-17(14)13-3-2-6-15-9-13/h2-10,18H,1H3. The Morgan fingerprint density at radius 3 is 2.83 bits per heavy atom. The van der Waals surface area contributed by atoms with Crippen LogP contribution in [0.4, 0.5) is 0 Å². The largest absolute Gasteiger partial charge is 0.389 e. The van der Waals surface area contributed by atoms with Crippen molar-refractivity contribution in [2.24, 2.45) is 0 Å². The van der Waals surface area contributed by atoms with Gasteiger partial charge in [0.2, 0.25) is 0 Å². The molecule has 0 fully saturated rings. The molecule has 18 heavy (non-hydrogen) atoms. The average molecular weight is 239 g/mol. The highest BCUT2D eigenvalue weighted by molar-refractivity contribution is 5.81. The van der Waals surface area contributed by atoms with E-state index in [-0.39, 0.29) is 0 Å². The van der Waals surface area contributed by atoms with E-state index < -0.39 is 6.10 Å². The maximum atomic E-state index is 9.57. The minimum atomic E-state index is -0.462. The smallest absolute Gasteiger partial charge is 0.0836 e. The Hall–Kier alpha value is -2.20. The van der Waals surface area contributed by atoms with Crippen molar-refractivity contribution >= 4 is 10.9 Å². The van der Waals surface area contributed by atoms with Gasteiger partial charge in [0, 0.05) is 11.6 Å². The molecule has 1 unspecified atom stereocenters. The fraction of sp³-hybridized carbons (Fsp3) is 0.143. The van der Waals surface area contributed by atoms with Crippen molar-refractivity contribution in [1.82, 2.24) is 14.8 Å². The summed E-state index contributed by atoms with van der Waals surface area (Å²) < 4.78 is 1.84. The number of aliphatic hydroxyl groups excluding tert-OH is 1. The number of hydrogen-bond donors (Lipinski definition) is 1. The molecule has 4 heteroatoms. The Labute approximate surface area is 105 Å². The molecule has 0 aliphatic heterocycles. The van der Waals surface area contributed by atoms with Crippen LogP contribution in [0.15, 0.2) is 48.9 Å². The van der Waals surface area contributed by atoms with Crippen molar-refractivity contribution < 1.29 is 5.11 Å². The molecule has 0 aliphatic carbocycles. The summed E-state index contributed by atoms with van der Waals surface area (Å²) in [6, 6.07) is 9.69. The first-order chi connectivity index (χ1) is 8.75. The first-order valence-electron chi connectivity index (χ1n) is 5.82. The van der Waals surface area contributed by atoms with Crippen LogP contribution in [-0.4, -0.2) is 19.9 Å². The van der Waals surface area contributed by atoms with Crippen LogP contribution in [0.1, 0.15) is 18.6 Å². The molecule has 3 rings (SSSR count). The van der Waals surface area contributed by atoms with Crippen molar-refractivity contribution in [1.29, 1.82) is 0 Å². The molecular formula is C14H13N3O. The number of nitrogens with zero attached hydrogens (tertiary/aromatic N) is 3. The zero-order valence-corrected chi connectivity index (χ0v) is 9.99. The van der Waals surface area contributed by atoms with E-state index in [1.165, 1.54) is 0 Å². The number of pyridine rings is 1. The van der Waals surface area contributed by atoms with E-state index in [1.54, 1.807) is 25.5 Å². The van der Waals surface area contributed by atoms with Crippen molar-refractivity contribution in [2.75, 3.05) is 0 Å². The zero-order chi connectivity index (χ0) is 12.5. The monoisotopic (exact) mass is 239 g/mol. The summed E-state index contributed by atoms with van der Waals surface area (Å²) >= 11 is 0. The molecule has 4 nitrogen and oxygen atoms in total. The molecule has 3 aromatic rings. The van der Waals surface area contributed by atoms with Gasteiger partial charge in [-0.1, -0.05) is 6.07 Å². The number of aromatic nitrogens is 3. The lowest BCUT2D eigenvalue weighted by atomic mass is 10.1. The molecule has 0 saturated heterocycles. The van der Waals surface area contributed by atoms with Crippen molar-refractivity contribution in [3.8, 4) is 5.69 Å². The lowest BCUT2D eigenvalue weighted by Gasteiger charge is -2.05. The lowest BCUT2D eigenvalue weighted by molar-refractivity contribution is 0.199. The van der Waals surface area contributed by atoms with Gasteiger partial charge in [0.25, 0.3) is 0 Å². The number of aliphatic hydroxyl groups is 1. The van der Waals surface area contributed by atoms with Gasteiger partial charge in [-0.15, -0.1) is 0 Å². The van der Waals surface area contributed by atoms with E-state index >= 15 is 0 Å². The second-order valence-corrected chi connectivity index (χ2v) is 4.26. The summed E-state index contributed by atoms with van der Waals surface area (Å²) in [4.78, 5) is 4.09. The van der Waals surface area contributed by atoms with Crippen LogP contribution in [0.2, 0.25) is 0 Å². The van der Waals surface area contributed by atoms with Gasteiger partial charge >= 0.3 is 0 Å². The Kier molecular flexibility index (Phi) is 2.57. The minimum Gasteiger partial charge on any atom is -0.389 e. The van der Waals surface area contributed by atoms with Crippen LogP contribution in [0.5, 0.6) is 0 Å². The molecule has 2 heterocycles. The molecule has 0 aliphatic rings. The fourth-order valence-electron chi connectivity index (χ4n) is 2.00. The van der Waals surface area contributed by atoms with Gasteiger partial charge in [0.15, 0.2) is 0 Å². The van der Waals surface area contributed by atoms with E-state index in [0.717, 1.165) is 22.2 Å². The van der Waals surface area contributed by atoms with Gasteiger partial charge in [-0.25, -0.2) is 4.68 Å². The predicted octanol–water partition coefficient (Wildman–Crippen LogP) is 2.47. The summed E-state index contributed by atoms with van der Waals surface area (Å²) in [5, 5.41) is 14.9. The highest BCUT2D eigenvalue weighted by atomic mass is 16.3. The highest BCUT2D eigenvalue weighted by Gasteiger charge is 2.07. The summed E-state index contributed by atoms with van der Waals surface area (Å²) in [5.41, 5.74) is 2.83. The third-order valence-corrected chi connectivity index (χ3v) is 2.96. The molecule has 0 radical (unpaired) electrons. The topological polar surface area (TPSA) is 50.9 Å². The molecule has 90 valence electrons. The van der Waals surface area contributed by atoms with Crippen LogP contribution in [-0.2, 0) is 0 Å². The molecular weight excluding hydrogens is 226 g/mol. The summed E-state index contributed by atoms with van der Waals surface area (Å²) in [6.07, 6.45) is 4.85. The van der Waals surface area contributed by atoms with E-state index in [0.29, 0.717) is 0 Å². The molecule has 1 aromatic carbocycles. The SMILES string of the molecule is CC(O)c1ccc2c(cnn2-c2cccnc2)c1. The Bertz CT molecular complexity index is 674. The normalized spacial score (nSPS) is 12.8. The molecule has 0 amide bonds. The van der Waals surface area contributed by atoms with Gasteiger partial charge in [-0.05, 0) is 36.8 Å². The van der Waals surface area contributed by atoms with Gasteiger partial charge in [0.05, 0.1) is 29.7 Å². The van der Waals surface area contributed by atoms with Crippen molar-refractivity contribution in [3.05, 3.63) is 54.5 Å². The van der Waals surface area contributed by atoms with Crippen molar-refractivity contribution in [2.45, 2.75) is 13.0 Å². The van der Waals surface area contributed by atoms with Crippen LogP contribution in [0.3, 0.4) is 0 Å².